The Bertz CT molecular complexity index is 1180. The van der Waals surface area contributed by atoms with E-state index in [9.17, 15) is 27.6 Å². The molecule has 3 rings (SSSR count). The van der Waals surface area contributed by atoms with Crippen LogP contribution in [0.15, 0.2) is 65.3 Å². The lowest BCUT2D eigenvalue weighted by Crippen LogP contribution is -2.30. The molecule has 33 heavy (non-hydrogen) atoms. The Kier molecular flexibility index (Phi) is 7.07. The third-order valence-electron chi connectivity index (χ3n) is 4.34. The molecule has 0 aliphatic carbocycles. The van der Waals surface area contributed by atoms with Crippen molar-refractivity contribution >= 4 is 40.8 Å². The van der Waals surface area contributed by atoms with Gasteiger partial charge in [-0.05, 0) is 49.4 Å². The fourth-order valence-corrected chi connectivity index (χ4v) is 2.84. The van der Waals surface area contributed by atoms with E-state index in [2.05, 4.69) is 10.6 Å². The predicted octanol–water partition coefficient (Wildman–Crippen LogP) is 5.39. The summed E-state index contributed by atoms with van der Waals surface area (Å²) in [6, 6.07) is 11.3. The molecule has 172 valence electrons. The molecule has 0 aliphatic heterocycles. The highest BCUT2D eigenvalue weighted by molar-refractivity contribution is 6.33. The van der Waals surface area contributed by atoms with Crippen molar-refractivity contribution in [3.8, 4) is 0 Å². The molecule has 0 unspecified atom stereocenters. The number of amides is 2. The van der Waals surface area contributed by atoms with Crippen LogP contribution in [0.1, 0.15) is 33.4 Å². The molecule has 1 heterocycles. The standard InChI is InChI=1S/C22H16ClF3N2O5/c1-12(19(29)28-17-11-13(22(24,25)26)8-9-15(17)23)33-21(31)14-5-2-3-6-16(14)27-20(30)18-7-4-10-32-18/h2-12H,1H3,(H,27,30)(H,28,29)/t12-/m1/s1. The average Bonchev–Trinajstić information content (AvgIpc) is 3.30. The van der Waals surface area contributed by atoms with Crippen LogP contribution in [0.4, 0.5) is 24.5 Å². The molecular weight excluding hydrogens is 465 g/mol. The van der Waals surface area contributed by atoms with Gasteiger partial charge < -0.3 is 19.8 Å². The second-order valence-electron chi connectivity index (χ2n) is 6.71. The van der Waals surface area contributed by atoms with Crippen molar-refractivity contribution in [3.63, 3.8) is 0 Å². The first kappa shape index (κ1) is 23.9. The monoisotopic (exact) mass is 480 g/mol. The van der Waals surface area contributed by atoms with Crippen LogP contribution in [0.3, 0.4) is 0 Å². The Morgan fingerprint density at radius 3 is 2.39 bits per heavy atom. The van der Waals surface area contributed by atoms with Gasteiger partial charge in [0.25, 0.3) is 11.8 Å². The quantitative estimate of drug-likeness (QED) is 0.461. The van der Waals surface area contributed by atoms with Gasteiger partial charge in [-0.1, -0.05) is 23.7 Å². The predicted molar refractivity (Wildman–Crippen MR) is 113 cm³/mol. The summed E-state index contributed by atoms with van der Waals surface area (Å²) in [5.41, 5.74) is -1.23. The fraction of sp³-hybridized carbons (Fsp3) is 0.136. The van der Waals surface area contributed by atoms with Crippen LogP contribution in [0.25, 0.3) is 0 Å². The molecule has 0 spiro atoms. The molecule has 11 heteroatoms. The molecule has 0 radical (unpaired) electrons. The minimum atomic E-state index is -4.63. The number of carbonyl (C=O) groups excluding carboxylic acids is 3. The lowest BCUT2D eigenvalue weighted by atomic mass is 10.1. The SMILES string of the molecule is C[C@@H](OC(=O)c1ccccc1NC(=O)c1ccco1)C(=O)Nc1cc(C(F)(F)F)ccc1Cl. The van der Waals surface area contributed by atoms with Gasteiger partial charge in [-0.2, -0.15) is 13.2 Å². The first-order valence-electron chi connectivity index (χ1n) is 9.38. The number of rotatable bonds is 6. The fourth-order valence-electron chi connectivity index (χ4n) is 2.67. The molecule has 2 N–H and O–H groups in total. The van der Waals surface area contributed by atoms with Gasteiger partial charge in [-0.3, -0.25) is 9.59 Å². The van der Waals surface area contributed by atoms with E-state index in [1.165, 1.54) is 43.5 Å². The van der Waals surface area contributed by atoms with E-state index in [1.807, 2.05) is 0 Å². The number of hydrogen-bond donors (Lipinski definition) is 2. The third kappa shape index (κ3) is 5.92. The zero-order chi connectivity index (χ0) is 24.2. The number of halogens is 4. The number of para-hydroxylation sites is 1. The summed E-state index contributed by atoms with van der Waals surface area (Å²) in [6.45, 7) is 1.23. The first-order chi connectivity index (χ1) is 15.6. The van der Waals surface area contributed by atoms with Gasteiger partial charge in [0.15, 0.2) is 11.9 Å². The third-order valence-corrected chi connectivity index (χ3v) is 4.67. The van der Waals surface area contributed by atoms with E-state index >= 15 is 0 Å². The average molecular weight is 481 g/mol. The van der Waals surface area contributed by atoms with Crippen LogP contribution >= 0.6 is 11.6 Å². The first-order valence-corrected chi connectivity index (χ1v) is 9.76. The van der Waals surface area contributed by atoms with E-state index in [1.54, 1.807) is 6.07 Å². The zero-order valence-electron chi connectivity index (χ0n) is 16.9. The van der Waals surface area contributed by atoms with Crippen LogP contribution in [0.5, 0.6) is 0 Å². The summed E-state index contributed by atoms with van der Waals surface area (Å²) < 4.78 is 48.9. The molecule has 0 fully saturated rings. The lowest BCUT2D eigenvalue weighted by molar-refractivity contribution is -0.137. The highest BCUT2D eigenvalue weighted by Gasteiger charge is 2.31. The maximum absolute atomic E-state index is 12.9. The zero-order valence-corrected chi connectivity index (χ0v) is 17.7. The van der Waals surface area contributed by atoms with Crippen LogP contribution in [-0.2, 0) is 15.7 Å². The number of alkyl halides is 3. The molecule has 1 aromatic heterocycles. The number of ether oxygens (including phenoxy) is 1. The van der Waals surface area contributed by atoms with E-state index in [0.29, 0.717) is 6.07 Å². The summed E-state index contributed by atoms with van der Waals surface area (Å²) in [5.74, 6) is -2.43. The molecule has 0 aliphatic rings. The van der Waals surface area contributed by atoms with Crippen molar-refractivity contribution in [3.05, 3.63) is 82.8 Å². The molecule has 3 aromatic rings. The van der Waals surface area contributed by atoms with E-state index in [0.717, 1.165) is 12.1 Å². The Labute approximate surface area is 190 Å². The smallest absolute Gasteiger partial charge is 0.416 e. The number of hydrogen-bond acceptors (Lipinski definition) is 5. The van der Waals surface area contributed by atoms with Crippen molar-refractivity contribution < 1.29 is 36.7 Å². The lowest BCUT2D eigenvalue weighted by Gasteiger charge is -2.16. The Morgan fingerprint density at radius 1 is 1.00 bits per heavy atom. The molecule has 0 bridgehead atoms. The summed E-state index contributed by atoms with van der Waals surface area (Å²) in [6.07, 6.45) is -4.71. The van der Waals surface area contributed by atoms with Crippen LogP contribution in [-0.4, -0.2) is 23.9 Å². The number of esters is 1. The van der Waals surface area contributed by atoms with Crippen molar-refractivity contribution in [1.29, 1.82) is 0 Å². The Balaban J connectivity index is 1.70. The van der Waals surface area contributed by atoms with Gasteiger partial charge >= 0.3 is 12.1 Å². The number of furan rings is 1. The number of nitrogens with one attached hydrogen (secondary N) is 2. The summed E-state index contributed by atoms with van der Waals surface area (Å²) in [4.78, 5) is 37.2. The minimum Gasteiger partial charge on any atom is -0.459 e. The maximum atomic E-state index is 12.9. The molecule has 0 saturated carbocycles. The van der Waals surface area contributed by atoms with Crippen molar-refractivity contribution in [1.82, 2.24) is 0 Å². The molecule has 0 saturated heterocycles. The van der Waals surface area contributed by atoms with E-state index in [4.69, 9.17) is 20.8 Å². The maximum Gasteiger partial charge on any atom is 0.416 e. The molecule has 7 nitrogen and oxygen atoms in total. The van der Waals surface area contributed by atoms with E-state index in [-0.39, 0.29) is 27.7 Å². The number of benzene rings is 2. The molecule has 2 aromatic carbocycles. The van der Waals surface area contributed by atoms with Gasteiger partial charge in [0.1, 0.15) is 0 Å². The topological polar surface area (TPSA) is 97.6 Å². The van der Waals surface area contributed by atoms with Crippen molar-refractivity contribution in [2.45, 2.75) is 19.2 Å². The Hall–Kier alpha value is -3.79. The van der Waals surface area contributed by atoms with E-state index < -0.39 is 35.6 Å². The van der Waals surface area contributed by atoms with Crippen molar-refractivity contribution in [2.24, 2.45) is 0 Å². The molecule has 2 amide bonds. The van der Waals surface area contributed by atoms with Gasteiger partial charge in [0, 0.05) is 0 Å². The number of anilines is 2. The highest BCUT2D eigenvalue weighted by atomic mass is 35.5. The van der Waals surface area contributed by atoms with Crippen LogP contribution < -0.4 is 10.6 Å². The number of carbonyl (C=O) groups is 3. The van der Waals surface area contributed by atoms with Crippen molar-refractivity contribution in [2.75, 3.05) is 10.6 Å². The summed E-state index contributed by atoms with van der Waals surface area (Å²) in [5, 5.41) is 4.60. The van der Waals surface area contributed by atoms with Crippen LogP contribution in [0.2, 0.25) is 5.02 Å². The minimum absolute atomic E-state index is 0.0175. The van der Waals surface area contributed by atoms with Gasteiger partial charge in [-0.25, -0.2) is 4.79 Å². The largest absolute Gasteiger partial charge is 0.459 e. The Morgan fingerprint density at radius 2 is 1.73 bits per heavy atom. The van der Waals surface area contributed by atoms with Gasteiger partial charge in [-0.15, -0.1) is 0 Å². The van der Waals surface area contributed by atoms with Gasteiger partial charge in [0.2, 0.25) is 0 Å². The molecule has 1 atom stereocenters. The van der Waals surface area contributed by atoms with Crippen LogP contribution in [0, 0.1) is 0 Å². The van der Waals surface area contributed by atoms with Gasteiger partial charge in [0.05, 0.1) is 33.8 Å². The summed E-state index contributed by atoms with van der Waals surface area (Å²) >= 11 is 5.87. The second-order valence-corrected chi connectivity index (χ2v) is 7.11. The second kappa shape index (κ2) is 9.78. The normalized spacial score (nSPS) is 12.0. The molecular formula is C22H16ClF3N2O5. The highest BCUT2D eigenvalue weighted by Crippen LogP contribution is 2.34. The summed E-state index contributed by atoms with van der Waals surface area (Å²) in [7, 11) is 0.